The Hall–Kier alpha value is -0.870. The fraction of sp³-hybridized carbons (Fsp3) is 0.769. The quantitative estimate of drug-likeness (QED) is 0.727. The van der Waals surface area contributed by atoms with Gasteiger partial charge in [0.25, 0.3) is 0 Å². The molecule has 4 heteroatoms. The third-order valence-corrected chi connectivity index (χ3v) is 3.03. The first-order valence-electron chi connectivity index (χ1n) is 6.41. The van der Waals surface area contributed by atoms with Crippen molar-refractivity contribution in [3.05, 3.63) is 18.0 Å². The summed E-state index contributed by atoms with van der Waals surface area (Å²) in [6.07, 6.45) is 3.77. The molecule has 0 radical (unpaired) electrons. The molecule has 0 unspecified atom stereocenters. The van der Waals surface area contributed by atoms with E-state index in [0.717, 1.165) is 32.5 Å². The Kier molecular flexibility index (Phi) is 5.65. The van der Waals surface area contributed by atoms with E-state index in [2.05, 4.69) is 37.3 Å². The van der Waals surface area contributed by atoms with Gasteiger partial charge in [0.2, 0.25) is 0 Å². The van der Waals surface area contributed by atoms with Crippen molar-refractivity contribution in [2.24, 2.45) is 5.41 Å². The van der Waals surface area contributed by atoms with Gasteiger partial charge in [0.1, 0.15) is 0 Å². The zero-order valence-corrected chi connectivity index (χ0v) is 11.2. The largest absolute Gasteiger partial charge is 0.396 e. The van der Waals surface area contributed by atoms with Gasteiger partial charge in [0.05, 0.1) is 5.69 Å². The number of aliphatic hydroxyl groups excluding tert-OH is 1. The Morgan fingerprint density at radius 2 is 2.24 bits per heavy atom. The Morgan fingerprint density at radius 1 is 1.47 bits per heavy atom. The zero-order chi connectivity index (χ0) is 12.7. The first-order valence-corrected chi connectivity index (χ1v) is 6.41. The van der Waals surface area contributed by atoms with Crippen LogP contribution in [0.2, 0.25) is 0 Å². The SMILES string of the molecule is CCn1nccc1CNCC(C)(C)CCCO. The Balaban J connectivity index is 2.32. The van der Waals surface area contributed by atoms with Gasteiger partial charge in [-0.1, -0.05) is 13.8 Å². The Morgan fingerprint density at radius 3 is 2.88 bits per heavy atom. The van der Waals surface area contributed by atoms with Gasteiger partial charge in [0.15, 0.2) is 0 Å². The van der Waals surface area contributed by atoms with E-state index >= 15 is 0 Å². The lowest BCUT2D eigenvalue weighted by molar-refractivity contribution is 0.236. The van der Waals surface area contributed by atoms with Gasteiger partial charge >= 0.3 is 0 Å². The highest BCUT2D eigenvalue weighted by atomic mass is 16.2. The van der Waals surface area contributed by atoms with Crippen molar-refractivity contribution < 1.29 is 5.11 Å². The second-order valence-electron chi connectivity index (χ2n) is 5.23. The average Bonchev–Trinajstić information content (AvgIpc) is 2.74. The summed E-state index contributed by atoms with van der Waals surface area (Å²) in [5.74, 6) is 0. The minimum atomic E-state index is 0.236. The number of nitrogens with zero attached hydrogens (tertiary/aromatic N) is 2. The molecule has 0 saturated heterocycles. The van der Waals surface area contributed by atoms with Crippen molar-refractivity contribution in [1.82, 2.24) is 15.1 Å². The van der Waals surface area contributed by atoms with E-state index in [1.165, 1.54) is 5.69 Å². The number of hydrogen-bond acceptors (Lipinski definition) is 3. The van der Waals surface area contributed by atoms with Crippen LogP contribution in [0.25, 0.3) is 0 Å². The normalized spacial score (nSPS) is 12.0. The van der Waals surface area contributed by atoms with Crippen LogP contribution in [-0.4, -0.2) is 28.0 Å². The summed E-state index contributed by atoms with van der Waals surface area (Å²) in [6, 6.07) is 2.05. The number of nitrogens with one attached hydrogen (secondary N) is 1. The summed E-state index contributed by atoms with van der Waals surface area (Å²) in [5, 5.41) is 16.6. The molecule has 1 aromatic heterocycles. The second-order valence-corrected chi connectivity index (χ2v) is 5.23. The summed E-state index contributed by atoms with van der Waals surface area (Å²) in [5.41, 5.74) is 1.46. The number of aromatic nitrogens is 2. The smallest absolute Gasteiger partial charge is 0.0521 e. The lowest BCUT2D eigenvalue weighted by atomic mass is 9.88. The van der Waals surface area contributed by atoms with Crippen LogP contribution in [0.4, 0.5) is 0 Å². The van der Waals surface area contributed by atoms with E-state index in [1.54, 1.807) is 0 Å². The number of hydrogen-bond donors (Lipinski definition) is 2. The molecule has 0 spiro atoms. The standard InChI is InChI=1S/C13H25N3O/c1-4-16-12(6-8-15-16)10-14-11-13(2,3)7-5-9-17/h6,8,14,17H,4-5,7,9-11H2,1-3H3. The summed E-state index contributed by atoms with van der Waals surface area (Å²) >= 11 is 0. The minimum absolute atomic E-state index is 0.236. The first-order chi connectivity index (χ1) is 8.09. The molecule has 1 aromatic rings. The van der Waals surface area contributed by atoms with Gasteiger partial charge in [0, 0.05) is 32.4 Å². The molecule has 98 valence electrons. The predicted octanol–water partition coefficient (Wildman–Crippen LogP) is 1.79. The van der Waals surface area contributed by atoms with E-state index in [9.17, 15) is 0 Å². The van der Waals surface area contributed by atoms with Crippen LogP contribution >= 0.6 is 0 Å². The summed E-state index contributed by atoms with van der Waals surface area (Å²) in [7, 11) is 0. The monoisotopic (exact) mass is 239 g/mol. The maximum atomic E-state index is 8.84. The highest BCUT2D eigenvalue weighted by molar-refractivity contribution is 4.99. The molecule has 2 N–H and O–H groups in total. The Bertz CT molecular complexity index is 320. The molecule has 0 aliphatic heterocycles. The van der Waals surface area contributed by atoms with Crippen molar-refractivity contribution in [3.63, 3.8) is 0 Å². The van der Waals surface area contributed by atoms with Crippen LogP contribution in [0, 0.1) is 5.41 Å². The molecule has 0 aromatic carbocycles. The maximum absolute atomic E-state index is 8.84. The highest BCUT2D eigenvalue weighted by Gasteiger charge is 2.16. The number of rotatable bonds is 8. The maximum Gasteiger partial charge on any atom is 0.0521 e. The van der Waals surface area contributed by atoms with Gasteiger partial charge in [-0.05, 0) is 31.2 Å². The van der Waals surface area contributed by atoms with Crippen molar-refractivity contribution >= 4 is 0 Å². The van der Waals surface area contributed by atoms with Crippen LogP contribution in [0.5, 0.6) is 0 Å². The van der Waals surface area contributed by atoms with Gasteiger partial charge in [-0.2, -0.15) is 5.10 Å². The summed E-state index contributed by atoms with van der Waals surface area (Å²) in [4.78, 5) is 0. The molecular formula is C13H25N3O. The molecule has 0 amide bonds. The zero-order valence-electron chi connectivity index (χ0n) is 11.2. The topological polar surface area (TPSA) is 50.1 Å². The Labute approximate surface area is 104 Å². The molecule has 0 aliphatic rings. The lowest BCUT2D eigenvalue weighted by Crippen LogP contribution is -2.30. The van der Waals surface area contributed by atoms with E-state index in [4.69, 9.17) is 5.11 Å². The predicted molar refractivity (Wildman–Crippen MR) is 69.7 cm³/mol. The van der Waals surface area contributed by atoms with Crippen molar-refractivity contribution in [2.75, 3.05) is 13.2 Å². The molecule has 1 heterocycles. The van der Waals surface area contributed by atoms with Crippen molar-refractivity contribution in [2.45, 2.75) is 46.7 Å². The fourth-order valence-corrected chi connectivity index (χ4v) is 1.97. The highest BCUT2D eigenvalue weighted by Crippen LogP contribution is 2.20. The molecule has 0 atom stereocenters. The molecular weight excluding hydrogens is 214 g/mol. The molecule has 17 heavy (non-hydrogen) atoms. The van der Waals surface area contributed by atoms with Crippen LogP contribution in [0.3, 0.4) is 0 Å². The first kappa shape index (κ1) is 14.2. The average molecular weight is 239 g/mol. The van der Waals surface area contributed by atoms with E-state index in [-0.39, 0.29) is 12.0 Å². The molecule has 0 saturated carbocycles. The third kappa shape index (κ3) is 4.88. The summed E-state index contributed by atoms with van der Waals surface area (Å²) < 4.78 is 2.01. The molecule has 0 fully saturated rings. The van der Waals surface area contributed by atoms with Crippen LogP contribution < -0.4 is 5.32 Å². The molecule has 4 nitrogen and oxygen atoms in total. The van der Waals surface area contributed by atoms with Crippen LogP contribution in [-0.2, 0) is 13.1 Å². The number of aliphatic hydroxyl groups is 1. The number of aryl methyl sites for hydroxylation is 1. The van der Waals surface area contributed by atoms with Gasteiger partial charge < -0.3 is 10.4 Å². The van der Waals surface area contributed by atoms with Crippen LogP contribution in [0.1, 0.15) is 39.3 Å². The third-order valence-electron chi connectivity index (χ3n) is 3.03. The van der Waals surface area contributed by atoms with Gasteiger partial charge in [-0.3, -0.25) is 4.68 Å². The van der Waals surface area contributed by atoms with E-state index in [0.29, 0.717) is 0 Å². The molecule has 0 aliphatic carbocycles. The van der Waals surface area contributed by atoms with E-state index in [1.807, 2.05) is 10.9 Å². The van der Waals surface area contributed by atoms with Crippen LogP contribution in [0.15, 0.2) is 12.3 Å². The second kappa shape index (κ2) is 6.77. The molecule has 1 rings (SSSR count). The van der Waals surface area contributed by atoms with Gasteiger partial charge in [-0.15, -0.1) is 0 Å². The van der Waals surface area contributed by atoms with Gasteiger partial charge in [-0.25, -0.2) is 0 Å². The minimum Gasteiger partial charge on any atom is -0.396 e. The van der Waals surface area contributed by atoms with E-state index < -0.39 is 0 Å². The molecule has 0 bridgehead atoms. The lowest BCUT2D eigenvalue weighted by Gasteiger charge is -2.24. The fourth-order valence-electron chi connectivity index (χ4n) is 1.97. The summed E-state index contributed by atoms with van der Waals surface area (Å²) in [6.45, 7) is 9.57. The van der Waals surface area contributed by atoms with Crippen molar-refractivity contribution in [3.8, 4) is 0 Å². The van der Waals surface area contributed by atoms with Crippen molar-refractivity contribution in [1.29, 1.82) is 0 Å².